The van der Waals surface area contributed by atoms with Crippen LogP contribution in [0.4, 0.5) is 11.5 Å². The SMILES string of the molecule is CCN(C(=O)CNC1CCCCC1C)c1c(N)n(Cc2ccccc2)c(=O)[nH]c1=O. The van der Waals surface area contributed by atoms with E-state index < -0.39 is 11.2 Å². The predicted octanol–water partition coefficient (Wildman–Crippen LogP) is 1.69. The Morgan fingerprint density at radius 1 is 1.23 bits per heavy atom. The average molecular weight is 414 g/mol. The molecule has 1 saturated carbocycles. The van der Waals surface area contributed by atoms with Crippen molar-refractivity contribution in [3.8, 4) is 0 Å². The van der Waals surface area contributed by atoms with Gasteiger partial charge in [-0.25, -0.2) is 4.79 Å². The monoisotopic (exact) mass is 413 g/mol. The Hall–Kier alpha value is -2.87. The summed E-state index contributed by atoms with van der Waals surface area (Å²) < 4.78 is 1.29. The Morgan fingerprint density at radius 2 is 1.93 bits per heavy atom. The first-order valence-electron chi connectivity index (χ1n) is 10.6. The number of aromatic amines is 1. The minimum atomic E-state index is -0.650. The van der Waals surface area contributed by atoms with Crippen molar-refractivity contribution in [3.05, 3.63) is 56.7 Å². The van der Waals surface area contributed by atoms with Gasteiger partial charge in [0.25, 0.3) is 5.56 Å². The molecule has 1 aromatic carbocycles. The second kappa shape index (κ2) is 9.75. The summed E-state index contributed by atoms with van der Waals surface area (Å²) in [6.45, 7) is 4.59. The normalized spacial score (nSPS) is 18.9. The molecule has 0 bridgehead atoms. The van der Waals surface area contributed by atoms with Gasteiger partial charge in [-0.05, 0) is 31.2 Å². The van der Waals surface area contributed by atoms with E-state index in [4.69, 9.17) is 5.73 Å². The Kier molecular flexibility index (Phi) is 7.10. The first-order chi connectivity index (χ1) is 14.4. The minimum absolute atomic E-state index is 0.00571. The molecule has 30 heavy (non-hydrogen) atoms. The van der Waals surface area contributed by atoms with Crippen molar-refractivity contribution in [3.63, 3.8) is 0 Å². The van der Waals surface area contributed by atoms with Crippen LogP contribution in [0.2, 0.25) is 0 Å². The highest BCUT2D eigenvalue weighted by Gasteiger charge is 2.25. The van der Waals surface area contributed by atoms with Gasteiger partial charge in [-0.15, -0.1) is 0 Å². The van der Waals surface area contributed by atoms with Crippen LogP contribution >= 0.6 is 0 Å². The van der Waals surface area contributed by atoms with Crippen LogP contribution in [0, 0.1) is 5.92 Å². The van der Waals surface area contributed by atoms with E-state index in [1.165, 1.54) is 15.9 Å². The molecule has 0 saturated heterocycles. The van der Waals surface area contributed by atoms with E-state index in [-0.39, 0.29) is 37.0 Å². The maximum atomic E-state index is 13.0. The number of hydrogen-bond acceptors (Lipinski definition) is 5. The first-order valence-corrected chi connectivity index (χ1v) is 10.6. The zero-order valence-electron chi connectivity index (χ0n) is 17.7. The molecule has 1 aromatic heterocycles. The molecule has 8 heteroatoms. The van der Waals surface area contributed by atoms with Gasteiger partial charge in [0.2, 0.25) is 5.91 Å². The number of likely N-dealkylation sites (N-methyl/N-ethyl adjacent to an activating group) is 1. The molecule has 2 aromatic rings. The molecular weight excluding hydrogens is 382 g/mol. The number of amides is 1. The van der Waals surface area contributed by atoms with E-state index in [1.54, 1.807) is 6.92 Å². The number of nitrogens with two attached hydrogens (primary N) is 1. The van der Waals surface area contributed by atoms with Crippen LogP contribution in [0.15, 0.2) is 39.9 Å². The Bertz CT molecular complexity index is 983. The lowest BCUT2D eigenvalue weighted by molar-refractivity contribution is -0.118. The molecule has 3 rings (SSSR count). The summed E-state index contributed by atoms with van der Waals surface area (Å²) in [5, 5.41) is 3.35. The highest BCUT2D eigenvalue weighted by Crippen LogP contribution is 2.24. The van der Waals surface area contributed by atoms with E-state index in [9.17, 15) is 14.4 Å². The molecule has 1 fully saturated rings. The number of carbonyl (C=O) groups excluding carboxylic acids is 1. The lowest BCUT2D eigenvalue weighted by Crippen LogP contribution is -2.47. The standard InChI is InChI=1S/C22H31N5O3/c1-3-26(18(28)13-24-17-12-8-7-9-15(17)2)19-20(23)27(22(30)25-21(19)29)14-16-10-5-4-6-11-16/h4-6,10-11,15,17,24H,3,7-9,12-14,23H2,1-2H3,(H,25,29,30). The fourth-order valence-electron chi connectivity index (χ4n) is 4.15. The van der Waals surface area contributed by atoms with Gasteiger partial charge in [0.1, 0.15) is 5.82 Å². The number of aromatic nitrogens is 2. The second-order valence-corrected chi connectivity index (χ2v) is 7.95. The van der Waals surface area contributed by atoms with Gasteiger partial charge in [0.15, 0.2) is 5.69 Å². The number of benzene rings is 1. The average Bonchev–Trinajstić information content (AvgIpc) is 2.74. The Balaban J connectivity index is 1.84. The predicted molar refractivity (Wildman–Crippen MR) is 119 cm³/mol. The van der Waals surface area contributed by atoms with Crippen molar-refractivity contribution >= 4 is 17.4 Å². The highest BCUT2D eigenvalue weighted by atomic mass is 16.2. The van der Waals surface area contributed by atoms with Crippen LogP contribution in [0.3, 0.4) is 0 Å². The third-order valence-corrected chi connectivity index (χ3v) is 5.91. The van der Waals surface area contributed by atoms with Crippen molar-refractivity contribution < 1.29 is 4.79 Å². The molecule has 4 N–H and O–H groups in total. The maximum absolute atomic E-state index is 13.0. The number of rotatable bonds is 7. The third kappa shape index (κ3) is 4.81. The largest absolute Gasteiger partial charge is 0.383 e. The third-order valence-electron chi connectivity index (χ3n) is 5.91. The fourth-order valence-corrected chi connectivity index (χ4v) is 4.15. The number of anilines is 2. The van der Waals surface area contributed by atoms with Crippen LogP contribution in [0.1, 0.15) is 45.1 Å². The number of nitrogens with zero attached hydrogens (tertiary/aromatic N) is 2. The van der Waals surface area contributed by atoms with Crippen molar-refractivity contribution in [2.24, 2.45) is 5.92 Å². The number of nitrogen functional groups attached to an aromatic ring is 1. The van der Waals surface area contributed by atoms with E-state index in [2.05, 4.69) is 17.2 Å². The van der Waals surface area contributed by atoms with Crippen LogP contribution in [-0.2, 0) is 11.3 Å². The van der Waals surface area contributed by atoms with E-state index >= 15 is 0 Å². The molecule has 162 valence electrons. The molecule has 1 amide bonds. The fraction of sp³-hybridized carbons (Fsp3) is 0.500. The molecule has 1 aliphatic carbocycles. The van der Waals surface area contributed by atoms with Gasteiger partial charge in [-0.2, -0.15) is 0 Å². The summed E-state index contributed by atoms with van der Waals surface area (Å²) in [5.74, 6) is 0.272. The van der Waals surface area contributed by atoms with Crippen LogP contribution in [0.5, 0.6) is 0 Å². The van der Waals surface area contributed by atoms with Crippen molar-refractivity contribution in [1.29, 1.82) is 0 Å². The summed E-state index contributed by atoms with van der Waals surface area (Å²) in [7, 11) is 0. The van der Waals surface area contributed by atoms with Gasteiger partial charge in [0.05, 0.1) is 13.1 Å². The zero-order valence-corrected chi connectivity index (χ0v) is 17.7. The molecule has 0 aliphatic heterocycles. The molecule has 1 aliphatic rings. The summed E-state index contributed by atoms with van der Waals surface area (Å²) in [6, 6.07) is 9.64. The number of H-pyrrole nitrogens is 1. The number of nitrogens with one attached hydrogen (secondary N) is 2. The summed E-state index contributed by atoms with van der Waals surface area (Å²) in [5.41, 5.74) is 5.88. The smallest absolute Gasteiger partial charge is 0.330 e. The van der Waals surface area contributed by atoms with E-state index in [0.717, 1.165) is 24.8 Å². The molecular formula is C22H31N5O3. The molecule has 0 spiro atoms. The van der Waals surface area contributed by atoms with Crippen LogP contribution < -0.4 is 27.2 Å². The molecule has 2 unspecified atom stereocenters. The zero-order chi connectivity index (χ0) is 21.7. The van der Waals surface area contributed by atoms with Crippen molar-refractivity contribution in [2.45, 2.75) is 52.1 Å². The van der Waals surface area contributed by atoms with Gasteiger partial charge >= 0.3 is 5.69 Å². The Labute approximate surface area is 176 Å². The quantitative estimate of drug-likeness (QED) is 0.639. The first kappa shape index (κ1) is 21.8. The topological polar surface area (TPSA) is 113 Å². The van der Waals surface area contributed by atoms with Gasteiger partial charge in [0, 0.05) is 12.6 Å². The Morgan fingerprint density at radius 3 is 2.60 bits per heavy atom. The molecule has 2 atom stereocenters. The summed E-state index contributed by atoms with van der Waals surface area (Å²) >= 11 is 0. The highest BCUT2D eigenvalue weighted by molar-refractivity contribution is 5.96. The lowest BCUT2D eigenvalue weighted by Gasteiger charge is -2.30. The molecule has 1 heterocycles. The van der Waals surface area contributed by atoms with Gasteiger partial charge in [-0.1, -0.05) is 50.1 Å². The summed E-state index contributed by atoms with van der Waals surface area (Å²) in [4.78, 5) is 41.6. The van der Waals surface area contributed by atoms with E-state index in [1.807, 2.05) is 30.3 Å². The van der Waals surface area contributed by atoms with Gasteiger partial charge in [-0.3, -0.25) is 19.1 Å². The second-order valence-electron chi connectivity index (χ2n) is 7.95. The van der Waals surface area contributed by atoms with Crippen LogP contribution in [-0.4, -0.2) is 34.6 Å². The number of carbonyl (C=O) groups is 1. The van der Waals surface area contributed by atoms with Crippen molar-refractivity contribution in [2.75, 3.05) is 23.7 Å². The van der Waals surface area contributed by atoms with E-state index in [0.29, 0.717) is 12.0 Å². The number of hydrogen-bond donors (Lipinski definition) is 3. The van der Waals surface area contributed by atoms with Crippen LogP contribution in [0.25, 0.3) is 0 Å². The summed E-state index contributed by atoms with van der Waals surface area (Å²) in [6.07, 6.45) is 4.58. The minimum Gasteiger partial charge on any atom is -0.383 e. The van der Waals surface area contributed by atoms with Crippen molar-refractivity contribution in [1.82, 2.24) is 14.9 Å². The lowest BCUT2D eigenvalue weighted by atomic mass is 9.86. The maximum Gasteiger partial charge on any atom is 0.330 e. The molecule has 8 nitrogen and oxygen atoms in total. The van der Waals surface area contributed by atoms with Gasteiger partial charge < -0.3 is 16.0 Å². The molecule has 0 radical (unpaired) electrons.